The van der Waals surface area contributed by atoms with E-state index >= 15 is 0 Å². The number of aliphatic hydroxyl groups excluding tert-OH is 1. The van der Waals surface area contributed by atoms with Crippen molar-refractivity contribution in [1.82, 2.24) is 4.72 Å². The van der Waals surface area contributed by atoms with E-state index in [0.29, 0.717) is 6.54 Å². The lowest BCUT2D eigenvalue weighted by molar-refractivity contribution is 0.163. The Kier molecular flexibility index (Phi) is 2.99. The maximum atomic E-state index is 11.4. The van der Waals surface area contributed by atoms with Crippen molar-refractivity contribution in [2.45, 2.75) is 31.9 Å². The fourth-order valence-corrected chi connectivity index (χ4v) is 2.43. The van der Waals surface area contributed by atoms with Gasteiger partial charge in [0.1, 0.15) is 0 Å². The van der Waals surface area contributed by atoms with E-state index in [4.69, 9.17) is 5.11 Å². The maximum Gasteiger partial charge on any atom is 0.214 e. The lowest BCUT2D eigenvalue weighted by atomic mass is 9.96. The number of hydrogen-bond acceptors (Lipinski definition) is 3. The zero-order chi connectivity index (χ0) is 10.1. The van der Waals surface area contributed by atoms with Crippen molar-refractivity contribution in [2.75, 3.05) is 13.2 Å². The van der Waals surface area contributed by atoms with Crippen LogP contribution in [0.25, 0.3) is 0 Å². The van der Waals surface area contributed by atoms with Gasteiger partial charge in [0.15, 0.2) is 0 Å². The normalized spacial score (nSPS) is 19.0. The highest BCUT2D eigenvalue weighted by atomic mass is 32.2. The third-order valence-corrected chi connectivity index (χ3v) is 4.04. The van der Waals surface area contributed by atoms with Crippen LogP contribution >= 0.6 is 0 Å². The van der Waals surface area contributed by atoms with Crippen molar-refractivity contribution in [3.05, 3.63) is 0 Å². The molecule has 0 aromatic rings. The molecule has 0 bridgehead atoms. The highest BCUT2D eigenvalue weighted by molar-refractivity contribution is 7.90. The molecule has 0 heterocycles. The summed E-state index contributed by atoms with van der Waals surface area (Å²) in [4.78, 5) is 0. The van der Waals surface area contributed by atoms with Crippen LogP contribution in [0.15, 0.2) is 0 Å². The number of aliphatic hydroxyl groups is 1. The molecule has 0 saturated heterocycles. The topological polar surface area (TPSA) is 66.4 Å². The zero-order valence-electron chi connectivity index (χ0n) is 8.08. The van der Waals surface area contributed by atoms with Crippen LogP contribution in [-0.2, 0) is 10.0 Å². The fraction of sp³-hybridized carbons (Fsp3) is 1.00. The van der Waals surface area contributed by atoms with Crippen molar-refractivity contribution in [1.29, 1.82) is 0 Å². The highest BCUT2D eigenvalue weighted by Crippen LogP contribution is 2.27. The van der Waals surface area contributed by atoms with Gasteiger partial charge in [0.25, 0.3) is 0 Å². The summed E-state index contributed by atoms with van der Waals surface area (Å²) >= 11 is 0. The van der Waals surface area contributed by atoms with E-state index in [1.54, 1.807) is 0 Å². The minimum absolute atomic E-state index is 0.0137. The average molecular weight is 207 g/mol. The van der Waals surface area contributed by atoms with E-state index < -0.39 is 10.0 Å². The predicted octanol–water partition coefficient (Wildman–Crippen LogP) is 0.0867. The van der Waals surface area contributed by atoms with Gasteiger partial charge in [-0.1, -0.05) is 13.8 Å². The largest absolute Gasteiger partial charge is 0.396 e. The van der Waals surface area contributed by atoms with Gasteiger partial charge in [0.05, 0.1) is 5.25 Å². The highest BCUT2D eigenvalue weighted by Gasteiger charge is 2.36. The quantitative estimate of drug-likeness (QED) is 0.671. The molecule has 1 rings (SSSR count). The molecule has 0 aromatic carbocycles. The van der Waals surface area contributed by atoms with Crippen LogP contribution in [0.2, 0.25) is 0 Å². The van der Waals surface area contributed by atoms with Crippen LogP contribution in [0.5, 0.6) is 0 Å². The third-order valence-electron chi connectivity index (χ3n) is 2.14. The molecule has 2 N–H and O–H groups in total. The monoisotopic (exact) mass is 207 g/mol. The number of sulfonamides is 1. The van der Waals surface area contributed by atoms with Crippen LogP contribution in [0.3, 0.4) is 0 Å². The van der Waals surface area contributed by atoms with Crippen LogP contribution < -0.4 is 4.72 Å². The summed E-state index contributed by atoms with van der Waals surface area (Å²) in [6.45, 7) is 3.94. The second kappa shape index (κ2) is 3.55. The third kappa shape index (κ3) is 3.25. The minimum Gasteiger partial charge on any atom is -0.396 e. The molecule has 13 heavy (non-hydrogen) atoms. The number of rotatable bonds is 5. The van der Waals surface area contributed by atoms with Crippen LogP contribution in [0, 0.1) is 5.41 Å². The van der Waals surface area contributed by atoms with Crippen LogP contribution in [0.4, 0.5) is 0 Å². The van der Waals surface area contributed by atoms with Crippen LogP contribution in [-0.4, -0.2) is 31.9 Å². The molecule has 4 nitrogen and oxygen atoms in total. The summed E-state index contributed by atoms with van der Waals surface area (Å²) in [7, 11) is -3.09. The molecule has 1 aliphatic carbocycles. The lowest BCUT2D eigenvalue weighted by Crippen LogP contribution is -2.37. The molecule has 1 aliphatic rings. The number of hydrogen-bond donors (Lipinski definition) is 2. The Morgan fingerprint density at radius 1 is 1.46 bits per heavy atom. The molecular weight excluding hydrogens is 190 g/mol. The van der Waals surface area contributed by atoms with Gasteiger partial charge < -0.3 is 5.11 Å². The SMILES string of the molecule is CC(C)(CO)CNS(=O)(=O)C1CC1. The number of nitrogens with one attached hydrogen (secondary N) is 1. The Labute approximate surface area is 79.4 Å². The molecular formula is C8H17NO3S. The van der Waals surface area contributed by atoms with Gasteiger partial charge in [-0.05, 0) is 12.8 Å². The van der Waals surface area contributed by atoms with E-state index in [9.17, 15) is 8.42 Å². The van der Waals surface area contributed by atoms with Gasteiger partial charge in [0, 0.05) is 18.6 Å². The molecule has 0 radical (unpaired) electrons. The first-order valence-electron chi connectivity index (χ1n) is 4.47. The van der Waals surface area contributed by atoms with Gasteiger partial charge in [-0.2, -0.15) is 0 Å². The molecule has 0 aromatic heterocycles. The predicted molar refractivity (Wildman–Crippen MR) is 50.8 cm³/mol. The van der Waals surface area contributed by atoms with Crippen molar-refractivity contribution >= 4 is 10.0 Å². The first-order valence-corrected chi connectivity index (χ1v) is 6.01. The summed E-state index contributed by atoms with van der Waals surface area (Å²) in [6.07, 6.45) is 1.55. The second-order valence-electron chi connectivity index (χ2n) is 4.39. The van der Waals surface area contributed by atoms with E-state index in [1.165, 1.54) is 0 Å². The average Bonchev–Trinajstić information content (AvgIpc) is 2.84. The molecule has 0 amide bonds. The summed E-state index contributed by atoms with van der Waals surface area (Å²) in [5.74, 6) is 0. The van der Waals surface area contributed by atoms with Crippen molar-refractivity contribution in [3.63, 3.8) is 0 Å². The Hall–Kier alpha value is -0.130. The Morgan fingerprint density at radius 2 is 2.00 bits per heavy atom. The van der Waals surface area contributed by atoms with Gasteiger partial charge in [-0.3, -0.25) is 0 Å². The van der Waals surface area contributed by atoms with Gasteiger partial charge in [0.2, 0.25) is 10.0 Å². The molecule has 78 valence electrons. The summed E-state index contributed by atoms with van der Waals surface area (Å²) < 4.78 is 25.2. The van der Waals surface area contributed by atoms with E-state index in [0.717, 1.165) is 12.8 Å². The fourth-order valence-electron chi connectivity index (χ4n) is 0.848. The molecule has 0 atom stereocenters. The summed E-state index contributed by atoms with van der Waals surface area (Å²) in [6, 6.07) is 0. The Morgan fingerprint density at radius 3 is 2.38 bits per heavy atom. The van der Waals surface area contributed by atoms with E-state index in [1.807, 2.05) is 13.8 Å². The van der Waals surface area contributed by atoms with Crippen molar-refractivity contribution in [2.24, 2.45) is 5.41 Å². The van der Waals surface area contributed by atoms with E-state index in [2.05, 4.69) is 4.72 Å². The first kappa shape index (κ1) is 10.9. The molecule has 1 saturated carbocycles. The van der Waals surface area contributed by atoms with Gasteiger partial charge in [-0.15, -0.1) is 0 Å². The molecule has 0 unspecified atom stereocenters. The lowest BCUT2D eigenvalue weighted by Gasteiger charge is -2.21. The molecule has 5 heteroatoms. The summed E-state index contributed by atoms with van der Waals surface area (Å²) in [5.41, 5.74) is -0.373. The Bertz CT molecular complexity index is 267. The maximum absolute atomic E-state index is 11.4. The van der Waals surface area contributed by atoms with Crippen molar-refractivity contribution < 1.29 is 13.5 Å². The molecule has 1 fully saturated rings. The second-order valence-corrected chi connectivity index (χ2v) is 6.43. The zero-order valence-corrected chi connectivity index (χ0v) is 8.89. The van der Waals surface area contributed by atoms with Crippen molar-refractivity contribution in [3.8, 4) is 0 Å². The Balaban J connectivity index is 2.41. The van der Waals surface area contributed by atoms with E-state index in [-0.39, 0.29) is 17.3 Å². The standard InChI is InChI=1S/C8H17NO3S/c1-8(2,6-10)5-9-13(11,12)7-3-4-7/h7,9-10H,3-6H2,1-2H3. The minimum atomic E-state index is -3.09. The van der Waals surface area contributed by atoms with Crippen LogP contribution in [0.1, 0.15) is 26.7 Å². The first-order chi connectivity index (χ1) is 5.87. The molecule has 0 spiro atoms. The summed E-state index contributed by atoms with van der Waals surface area (Å²) in [5, 5.41) is 8.73. The van der Waals surface area contributed by atoms with Gasteiger partial charge in [-0.25, -0.2) is 13.1 Å². The van der Waals surface area contributed by atoms with Gasteiger partial charge >= 0.3 is 0 Å². The smallest absolute Gasteiger partial charge is 0.214 e. The molecule has 0 aliphatic heterocycles.